The molecular weight excluding hydrogens is 507 g/mol. The van der Waals surface area contributed by atoms with Crippen LogP contribution in [-0.4, -0.2) is 47.1 Å². The van der Waals surface area contributed by atoms with Crippen LogP contribution in [0.2, 0.25) is 0 Å². The first kappa shape index (κ1) is 23.4. The number of rotatable bonds is 4. The van der Waals surface area contributed by atoms with E-state index in [0.717, 1.165) is 12.8 Å². The van der Waals surface area contributed by atoms with Crippen LogP contribution in [0.4, 0.5) is 11.4 Å². The quantitative estimate of drug-likeness (QED) is 0.126. The lowest BCUT2D eigenvalue weighted by atomic mass is 9.93. The Kier molecular flexibility index (Phi) is 8.25. The zero-order valence-electron chi connectivity index (χ0n) is 16.4. The largest absolute Gasteiger partial charge is 1.00 e. The third-order valence-corrected chi connectivity index (χ3v) is 5.69. The van der Waals surface area contributed by atoms with Crippen LogP contribution < -0.4 is 45.0 Å². The number of carbonyl (C=O) groups is 1. The fourth-order valence-corrected chi connectivity index (χ4v) is 3.91. The number of thioether (sulfide) groups is 1. The second-order valence-corrected chi connectivity index (χ2v) is 7.92. The number of nitrogens with zero attached hydrogens (tertiary/aromatic N) is 3. The van der Waals surface area contributed by atoms with Crippen molar-refractivity contribution in [1.82, 2.24) is 5.43 Å². The Morgan fingerprint density at radius 2 is 2.10 bits per heavy atom. The van der Waals surface area contributed by atoms with Crippen molar-refractivity contribution in [2.45, 2.75) is 32.2 Å². The molecule has 11 heteroatoms. The molecule has 0 spiro atoms. The summed E-state index contributed by atoms with van der Waals surface area (Å²) in [5.74, 6) is -0.225. The Morgan fingerprint density at radius 1 is 1.41 bits per heavy atom. The maximum Gasteiger partial charge on any atom is 0.301 e. The van der Waals surface area contributed by atoms with Gasteiger partial charge < -0.3 is 28.9 Å². The third kappa shape index (κ3) is 5.59. The monoisotopic (exact) mass is 532 g/mol. The van der Waals surface area contributed by atoms with E-state index in [2.05, 4.69) is 15.5 Å². The van der Waals surface area contributed by atoms with Gasteiger partial charge in [0, 0.05) is 49.9 Å². The number of hydrazone groups is 1. The van der Waals surface area contributed by atoms with E-state index in [4.69, 9.17) is 5.73 Å². The molecule has 1 aromatic carbocycles. The molecule has 3 rings (SSSR count). The lowest BCUT2D eigenvalue weighted by Gasteiger charge is -2.31. The summed E-state index contributed by atoms with van der Waals surface area (Å²) in [7, 11) is 0. The smallest absolute Gasteiger partial charge is 0.301 e. The molecule has 9 nitrogen and oxygen atoms in total. The third-order valence-electron chi connectivity index (χ3n) is 5.13. The van der Waals surface area contributed by atoms with Crippen molar-refractivity contribution in [3.05, 3.63) is 33.9 Å². The van der Waals surface area contributed by atoms with Crippen molar-refractivity contribution in [2.24, 2.45) is 16.8 Å². The normalized spacial score (nSPS) is 20.6. The Hall–Kier alpha value is -1.89. The first-order valence-corrected chi connectivity index (χ1v) is 10.4. The summed E-state index contributed by atoms with van der Waals surface area (Å²) in [5, 5.41) is 16.5. The van der Waals surface area contributed by atoms with Crippen LogP contribution in [0.15, 0.2) is 23.3 Å². The molecule has 158 valence electrons. The number of anilines is 1. The first-order chi connectivity index (χ1) is 13.4. The van der Waals surface area contributed by atoms with Crippen LogP contribution >= 0.6 is 11.8 Å². The van der Waals surface area contributed by atoms with Gasteiger partial charge in [0.05, 0.1) is 16.7 Å². The molecule has 1 saturated heterocycles. The van der Waals surface area contributed by atoms with E-state index >= 15 is 0 Å². The average Bonchev–Trinajstić information content (AvgIpc) is 2.68. The number of carbonyl (C=O) groups excluding carboxylic acids is 1. The molecule has 2 aliphatic heterocycles. The van der Waals surface area contributed by atoms with Gasteiger partial charge in [-0.3, -0.25) is 25.6 Å². The van der Waals surface area contributed by atoms with Crippen LogP contribution in [0.25, 0.3) is 0 Å². The maximum absolute atomic E-state index is 11.7. The summed E-state index contributed by atoms with van der Waals surface area (Å²) in [6.45, 7) is 3.33. The highest BCUT2D eigenvalue weighted by Crippen LogP contribution is 2.32. The number of benzene rings is 1. The summed E-state index contributed by atoms with van der Waals surface area (Å²) in [4.78, 5) is 28.1. The van der Waals surface area contributed by atoms with Crippen molar-refractivity contribution in [3.8, 4) is 0 Å². The van der Waals surface area contributed by atoms with E-state index in [9.17, 15) is 14.9 Å². The molecule has 1 atom stereocenters. The minimum Gasteiger partial charge on any atom is -1.00 e. The number of amidine groups is 1. The number of hydrogen-bond acceptors (Lipinski definition) is 6. The molecule has 1 fully saturated rings. The Bertz CT molecular complexity index is 839. The fourth-order valence-electron chi connectivity index (χ4n) is 3.62. The van der Waals surface area contributed by atoms with Gasteiger partial charge in [-0.1, -0.05) is 13.0 Å². The number of hydrogen-bond donors (Lipinski definition) is 3. The number of amides is 1. The lowest BCUT2D eigenvalue weighted by Crippen LogP contribution is -3.00. The predicted molar refractivity (Wildman–Crippen MR) is 110 cm³/mol. The minimum atomic E-state index is -0.352. The number of nitrogens with two attached hydrogens (primary N) is 1. The van der Waals surface area contributed by atoms with Crippen LogP contribution in [-0.2, 0) is 4.79 Å². The van der Waals surface area contributed by atoms with Gasteiger partial charge in [-0.25, -0.2) is 5.43 Å². The molecule has 2 aliphatic rings. The van der Waals surface area contributed by atoms with E-state index in [1.807, 2.05) is 24.1 Å². The van der Waals surface area contributed by atoms with E-state index in [1.54, 1.807) is 12.1 Å². The summed E-state index contributed by atoms with van der Waals surface area (Å²) >= 11 is 1.48. The SMILES string of the molecule is CSC(N)=[NH+]C1CCN(c2ccc(C3=NNC(=O)CC3C)cc2[N+](=O)[O-])CC1.[I-]. The van der Waals surface area contributed by atoms with E-state index in [-0.39, 0.29) is 52.5 Å². The molecule has 4 N–H and O–H groups in total. The van der Waals surface area contributed by atoms with Crippen molar-refractivity contribution in [3.63, 3.8) is 0 Å². The minimum absolute atomic E-state index is 0. The molecule has 1 amide bonds. The molecule has 2 heterocycles. The molecule has 1 aromatic rings. The predicted octanol–water partition coefficient (Wildman–Crippen LogP) is -2.81. The maximum atomic E-state index is 11.7. The topological polar surface area (TPSA) is 128 Å². The van der Waals surface area contributed by atoms with Crippen LogP contribution in [0, 0.1) is 16.0 Å². The van der Waals surface area contributed by atoms with Gasteiger partial charge in [0.25, 0.3) is 5.69 Å². The molecule has 29 heavy (non-hydrogen) atoms. The molecule has 0 radical (unpaired) electrons. The highest BCUT2D eigenvalue weighted by Gasteiger charge is 2.28. The Balaban J connectivity index is 0.00000300. The average molecular weight is 532 g/mol. The highest BCUT2D eigenvalue weighted by molar-refractivity contribution is 8.12. The van der Waals surface area contributed by atoms with Gasteiger partial charge in [-0.05, 0) is 24.1 Å². The van der Waals surface area contributed by atoms with Crippen LogP contribution in [0.5, 0.6) is 0 Å². The summed E-state index contributed by atoms with van der Waals surface area (Å²) in [6.07, 6.45) is 3.96. The summed E-state index contributed by atoms with van der Waals surface area (Å²) in [5.41, 5.74) is 10.3. The number of nitro benzene ring substituents is 1. The molecule has 0 aliphatic carbocycles. The molecule has 1 unspecified atom stereocenters. The molecule has 0 saturated carbocycles. The fraction of sp³-hybridized carbons (Fsp3) is 0.500. The Morgan fingerprint density at radius 3 is 2.69 bits per heavy atom. The summed E-state index contributed by atoms with van der Waals surface area (Å²) < 4.78 is 0. The number of piperidine rings is 1. The van der Waals surface area contributed by atoms with Gasteiger partial charge in [0.1, 0.15) is 5.69 Å². The standard InChI is InChI=1S/C18H24N6O3S.HI/c1-11-9-16(25)21-22-17(11)12-3-4-14(15(10-12)24(26)27)23-7-5-13(6-8-23)20-18(19)28-2;/h3-4,10-11,13H,5-9H2,1-2H3,(H2,19,20)(H,21,25);1H. The number of nitro groups is 1. The first-order valence-electron chi connectivity index (χ1n) is 9.22. The van der Waals surface area contributed by atoms with Crippen molar-refractivity contribution in [1.29, 1.82) is 0 Å². The lowest BCUT2D eigenvalue weighted by molar-refractivity contribution is -0.503. The van der Waals surface area contributed by atoms with Crippen LogP contribution in [0.3, 0.4) is 0 Å². The van der Waals surface area contributed by atoms with E-state index in [1.165, 1.54) is 11.8 Å². The zero-order chi connectivity index (χ0) is 20.3. The Labute approximate surface area is 190 Å². The second-order valence-electron chi connectivity index (χ2n) is 7.07. The second kappa shape index (κ2) is 10.2. The number of nitrogens with one attached hydrogen (secondary N) is 2. The van der Waals surface area contributed by atoms with Gasteiger partial charge in [-0.2, -0.15) is 5.10 Å². The van der Waals surface area contributed by atoms with Crippen LogP contribution in [0.1, 0.15) is 31.7 Å². The summed E-state index contributed by atoms with van der Waals surface area (Å²) in [6, 6.07) is 5.48. The molecular formula is C18H25IN6O3S. The van der Waals surface area contributed by atoms with Crippen molar-refractivity contribution in [2.75, 3.05) is 24.2 Å². The van der Waals surface area contributed by atoms with Gasteiger partial charge >= 0.3 is 5.17 Å². The molecule has 0 aromatic heterocycles. The van der Waals surface area contributed by atoms with E-state index < -0.39 is 0 Å². The van der Waals surface area contributed by atoms with Gasteiger partial charge in [-0.15, -0.1) is 0 Å². The number of halogens is 1. The van der Waals surface area contributed by atoms with E-state index in [0.29, 0.717) is 41.6 Å². The van der Waals surface area contributed by atoms with Gasteiger partial charge in [0.15, 0.2) is 0 Å². The van der Waals surface area contributed by atoms with Crippen molar-refractivity contribution >= 4 is 39.9 Å². The van der Waals surface area contributed by atoms with Gasteiger partial charge in [0.2, 0.25) is 5.91 Å². The highest BCUT2D eigenvalue weighted by atomic mass is 127. The molecule has 0 bridgehead atoms. The van der Waals surface area contributed by atoms with Crippen molar-refractivity contribution < 1.29 is 38.7 Å². The zero-order valence-corrected chi connectivity index (χ0v) is 19.3.